The van der Waals surface area contributed by atoms with Crippen molar-refractivity contribution in [3.05, 3.63) is 364 Å². The molecule has 0 saturated heterocycles. The van der Waals surface area contributed by atoms with Crippen LogP contribution in [0.5, 0.6) is 0 Å². The molecule has 4 aromatic heterocycles. The van der Waals surface area contributed by atoms with Gasteiger partial charge in [0.2, 0.25) is 0 Å². The summed E-state index contributed by atoms with van der Waals surface area (Å²) in [5.41, 5.74) is 28.7. The molecule has 0 unspecified atom stereocenters. The van der Waals surface area contributed by atoms with E-state index in [1.165, 1.54) is 16.7 Å². The van der Waals surface area contributed by atoms with Crippen LogP contribution >= 0.6 is 0 Å². The van der Waals surface area contributed by atoms with E-state index in [0.29, 0.717) is 0 Å². The van der Waals surface area contributed by atoms with E-state index in [0.717, 1.165) is 183 Å². The van der Waals surface area contributed by atoms with Crippen molar-refractivity contribution >= 4 is 122 Å². The van der Waals surface area contributed by atoms with E-state index in [1.807, 2.05) is 36.4 Å². The van der Waals surface area contributed by atoms with Crippen LogP contribution in [0.2, 0.25) is 0 Å². The molecule has 0 spiro atoms. The maximum Gasteiger partial charge on any atom is 0.137 e. The van der Waals surface area contributed by atoms with Crippen molar-refractivity contribution in [3.63, 3.8) is 0 Å². The van der Waals surface area contributed by atoms with Crippen LogP contribution in [0.15, 0.2) is 382 Å². The first-order chi connectivity index (χ1) is 50.5. The van der Waals surface area contributed by atoms with Gasteiger partial charge in [-0.25, -0.2) is 0 Å². The Morgan fingerprint density at radius 2 is 0.461 bits per heavy atom. The Hall–Kier alpha value is -13.7. The average Bonchev–Trinajstić information content (AvgIpc) is 1.51. The van der Waals surface area contributed by atoms with Gasteiger partial charge in [0.05, 0.1) is 22.1 Å². The van der Waals surface area contributed by atoms with Crippen molar-refractivity contribution in [2.24, 2.45) is 0 Å². The van der Waals surface area contributed by atoms with Crippen LogP contribution < -0.4 is 9.80 Å². The monoisotopic (exact) mass is 1300 g/mol. The van der Waals surface area contributed by atoms with Gasteiger partial charge in [0.15, 0.2) is 0 Å². The van der Waals surface area contributed by atoms with Crippen molar-refractivity contribution in [1.82, 2.24) is 0 Å². The number of nitrogens with zero attached hydrogens (tertiary/aromatic N) is 2. The van der Waals surface area contributed by atoms with Crippen molar-refractivity contribution in [2.75, 3.05) is 9.80 Å². The van der Waals surface area contributed by atoms with Gasteiger partial charge in [-0.15, -0.1) is 0 Å². The summed E-state index contributed by atoms with van der Waals surface area (Å²) >= 11 is 0. The van der Waals surface area contributed by atoms with Crippen LogP contribution in [0.3, 0.4) is 0 Å². The zero-order chi connectivity index (χ0) is 67.2. The van der Waals surface area contributed by atoms with Gasteiger partial charge in [-0.1, -0.05) is 231 Å². The summed E-state index contributed by atoms with van der Waals surface area (Å²) < 4.78 is 26.2. The Morgan fingerprint density at radius 3 is 0.971 bits per heavy atom. The largest absolute Gasteiger partial charge is 0.456 e. The molecule has 6 nitrogen and oxygen atoms in total. The molecule has 0 atom stereocenters. The van der Waals surface area contributed by atoms with Crippen molar-refractivity contribution < 1.29 is 17.7 Å². The highest BCUT2D eigenvalue weighted by molar-refractivity contribution is 6.15. The summed E-state index contributed by atoms with van der Waals surface area (Å²) in [6.07, 6.45) is 0. The molecule has 6 heteroatoms. The van der Waals surface area contributed by atoms with E-state index in [9.17, 15) is 0 Å². The summed E-state index contributed by atoms with van der Waals surface area (Å²) in [4.78, 5) is 4.71. The van der Waals surface area contributed by atoms with Gasteiger partial charge in [0.25, 0.3) is 0 Å². The third-order valence-electron chi connectivity index (χ3n) is 20.3. The van der Waals surface area contributed by atoms with Gasteiger partial charge in [-0.3, -0.25) is 0 Å². The van der Waals surface area contributed by atoms with Gasteiger partial charge in [0, 0.05) is 55.1 Å². The molecule has 0 fully saturated rings. The second kappa shape index (κ2) is 24.1. The van der Waals surface area contributed by atoms with Gasteiger partial charge >= 0.3 is 0 Å². The molecule has 0 aliphatic carbocycles. The van der Waals surface area contributed by atoms with E-state index >= 15 is 0 Å². The third kappa shape index (κ3) is 10.0. The second-order valence-corrected chi connectivity index (χ2v) is 26.2. The SMILES string of the molecule is c1ccc(-c2ccccc2-c2ccc(N(c3ccc(-c4ccc5c(c4)oc4cc(-c6cccc(-c7ccccc7-c7cccc(N(c8ccc(-c9ccc%10c(c9)oc9ccccc9%10)cc8)c8cccc9oc%10ccccc%10c89)c7)c6)ccc45)cc3)c3cccc4oc5ccccc5c34)cc2)cc1. The first-order valence-corrected chi connectivity index (χ1v) is 34.6. The Labute approximate surface area is 587 Å². The maximum absolute atomic E-state index is 6.84. The van der Waals surface area contributed by atoms with Crippen LogP contribution in [-0.4, -0.2) is 0 Å². The summed E-state index contributed by atoms with van der Waals surface area (Å²) in [5, 5.41) is 8.65. The molecule has 0 aliphatic heterocycles. The molecular weight excluding hydrogens is 1250 g/mol. The zero-order valence-electron chi connectivity index (χ0n) is 55.2. The Bertz CT molecular complexity index is 6630. The number of hydrogen-bond acceptors (Lipinski definition) is 6. The Kier molecular flexibility index (Phi) is 13.8. The maximum atomic E-state index is 6.84. The first kappa shape index (κ1) is 58.5. The fraction of sp³-hybridized carbons (Fsp3) is 0. The smallest absolute Gasteiger partial charge is 0.137 e. The first-order valence-electron chi connectivity index (χ1n) is 34.6. The lowest BCUT2D eigenvalue weighted by Gasteiger charge is -2.27. The number of anilines is 6. The fourth-order valence-electron chi connectivity index (χ4n) is 15.4. The Balaban J connectivity index is 0.611. The molecule has 0 bridgehead atoms. The summed E-state index contributed by atoms with van der Waals surface area (Å²) in [6, 6.07) is 130. The van der Waals surface area contributed by atoms with E-state index in [1.54, 1.807) is 0 Å². The lowest BCUT2D eigenvalue weighted by molar-refractivity contribution is 0.668. The zero-order valence-corrected chi connectivity index (χ0v) is 55.2. The lowest BCUT2D eigenvalue weighted by Crippen LogP contribution is -2.10. The van der Waals surface area contributed by atoms with Crippen molar-refractivity contribution in [3.8, 4) is 77.9 Å². The summed E-state index contributed by atoms with van der Waals surface area (Å²) in [5.74, 6) is 0. The molecule has 0 aliphatic rings. The standard InChI is InChI=1S/C96H60N2O4/c1-2-18-63(19-3-1)75-24-4-5-25-76(75)64-42-51-72(52-43-64)97(85-31-16-36-90-95(85)83-29-9-12-34-88(83)99-90)71-47-38-61(39-48-71)67-45-54-81-82-55-46-68(60-94(82)102-93(81)59-67)65-20-14-21-69(56-65)77-26-6-7-27-78(77)70-22-15-23-74(57-70)98(86-32-17-37-91-96(86)84-30-10-13-35-89(84)100-91)73-49-40-62(41-50-73)66-44-53-80-79-28-8-11-33-87(79)101-92(80)58-66/h1-60H. The molecule has 478 valence electrons. The quantitative estimate of drug-likeness (QED) is 0.115. The molecule has 0 radical (unpaired) electrons. The van der Waals surface area contributed by atoms with Gasteiger partial charge in [0.1, 0.15) is 44.7 Å². The number of furan rings is 4. The molecule has 20 aromatic rings. The predicted molar refractivity (Wildman–Crippen MR) is 423 cm³/mol. The van der Waals surface area contributed by atoms with Crippen molar-refractivity contribution in [2.45, 2.75) is 0 Å². The number of benzene rings is 16. The van der Waals surface area contributed by atoms with E-state index in [2.05, 4.69) is 337 Å². The van der Waals surface area contributed by atoms with Crippen molar-refractivity contribution in [1.29, 1.82) is 0 Å². The molecule has 16 aromatic carbocycles. The minimum absolute atomic E-state index is 0.835. The van der Waals surface area contributed by atoms with Crippen LogP contribution in [0.1, 0.15) is 0 Å². The third-order valence-corrected chi connectivity index (χ3v) is 20.3. The highest BCUT2D eigenvalue weighted by atomic mass is 16.3. The molecule has 20 rings (SSSR count). The van der Waals surface area contributed by atoms with E-state index in [-0.39, 0.29) is 0 Å². The number of fused-ring (bicyclic) bond motifs is 12. The predicted octanol–water partition coefficient (Wildman–Crippen LogP) is 27.9. The molecular formula is C96H60N2O4. The molecule has 0 amide bonds. The Morgan fingerprint density at radius 1 is 0.157 bits per heavy atom. The van der Waals surface area contributed by atoms with Crippen LogP contribution in [-0.2, 0) is 0 Å². The average molecular weight is 1310 g/mol. The van der Waals surface area contributed by atoms with Gasteiger partial charge < -0.3 is 27.5 Å². The second-order valence-electron chi connectivity index (χ2n) is 26.2. The molecule has 0 N–H and O–H groups in total. The number of rotatable bonds is 13. The van der Waals surface area contributed by atoms with E-state index < -0.39 is 0 Å². The van der Waals surface area contributed by atoms with Crippen LogP contribution in [0.25, 0.3) is 166 Å². The van der Waals surface area contributed by atoms with Gasteiger partial charge in [-0.2, -0.15) is 0 Å². The van der Waals surface area contributed by atoms with Crippen LogP contribution in [0.4, 0.5) is 34.1 Å². The topological polar surface area (TPSA) is 59.0 Å². The minimum atomic E-state index is 0.835. The minimum Gasteiger partial charge on any atom is -0.456 e. The summed E-state index contributed by atoms with van der Waals surface area (Å²) in [7, 11) is 0. The fourth-order valence-corrected chi connectivity index (χ4v) is 15.4. The normalized spacial score (nSPS) is 11.7. The lowest BCUT2D eigenvalue weighted by atomic mass is 9.92. The number of para-hydroxylation sites is 3. The van der Waals surface area contributed by atoms with Gasteiger partial charge in [-0.05, 0) is 211 Å². The summed E-state index contributed by atoms with van der Waals surface area (Å²) in [6.45, 7) is 0. The van der Waals surface area contributed by atoms with E-state index in [4.69, 9.17) is 17.7 Å². The highest BCUT2D eigenvalue weighted by Gasteiger charge is 2.24. The molecule has 0 saturated carbocycles. The van der Waals surface area contributed by atoms with Crippen LogP contribution in [0, 0.1) is 0 Å². The number of hydrogen-bond donors (Lipinski definition) is 0. The molecule has 4 heterocycles. The highest BCUT2D eigenvalue weighted by Crippen LogP contribution is 2.48. The molecule has 102 heavy (non-hydrogen) atoms.